The molecule has 0 N–H and O–H groups in total. The van der Waals surface area contributed by atoms with Crippen molar-refractivity contribution in [3.05, 3.63) is 34.3 Å². The van der Waals surface area contributed by atoms with Gasteiger partial charge in [-0.05, 0) is 56.0 Å². The van der Waals surface area contributed by atoms with E-state index in [4.69, 9.17) is 0 Å². The molecule has 0 aromatic heterocycles. The van der Waals surface area contributed by atoms with Crippen molar-refractivity contribution < 1.29 is 0 Å². The Morgan fingerprint density at radius 2 is 2.06 bits per heavy atom. The van der Waals surface area contributed by atoms with Crippen LogP contribution in [0.5, 0.6) is 0 Å². The lowest BCUT2D eigenvalue weighted by molar-refractivity contribution is 0.205. The van der Waals surface area contributed by atoms with Crippen molar-refractivity contribution in [1.82, 2.24) is 4.90 Å². The van der Waals surface area contributed by atoms with Crippen molar-refractivity contribution in [2.24, 2.45) is 0 Å². The average molecular weight is 296 g/mol. The van der Waals surface area contributed by atoms with Crippen LogP contribution in [0.25, 0.3) is 0 Å². The molecule has 17 heavy (non-hydrogen) atoms. The van der Waals surface area contributed by atoms with E-state index in [0.717, 1.165) is 5.92 Å². The quantitative estimate of drug-likeness (QED) is 0.794. The number of hydrogen-bond donors (Lipinski definition) is 0. The second kappa shape index (κ2) is 6.55. The summed E-state index contributed by atoms with van der Waals surface area (Å²) in [4.78, 5) is 2.64. The van der Waals surface area contributed by atoms with Crippen LogP contribution >= 0.6 is 15.9 Å². The number of hydrogen-bond acceptors (Lipinski definition) is 1. The van der Waals surface area contributed by atoms with Gasteiger partial charge in [0.1, 0.15) is 0 Å². The Hall–Kier alpha value is -0.340. The zero-order valence-electron chi connectivity index (χ0n) is 10.7. The molecule has 1 aliphatic rings. The predicted molar refractivity (Wildman–Crippen MR) is 77.5 cm³/mol. The Morgan fingerprint density at radius 1 is 1.29 bits per heavy atom. The normalized spacial score (nSPS) is 21.6. The SMILES string of the molecule is CCCCN1CCCC(c2ccc(Br)cc2)C1. The fraction of sp³-hybridized carbons (Fsp3) is 0.600. The maximum absolute atomic E-state index is 3.51. The van der Waals surface area contributed by atoms with Gasteiger partial charge in [-0.1, -0.05) is 41.4 Å². The van der Waals surface area contributed by atoms with Crippen LogP contribution in [0.15, 0.2) is 28.7 Å². The van der Waals surface area contributed by atoms with Gasteiger partial charge in [-0.2, -0.15) is 0 Å². The smallest absolute Gasteiger partial charge is 0.0175 e. The van der Waals surface area contributed by atoms with Crippen LogP contribution in [-0.4, -0.2) is 24.5 Å². The predicted octanol–water partition coefficient (Wildman–Crippen LogP) is 4.43. The number of halogens is 1. The third-order valence-electron chi connectivity index (χ3n) is 3.67. The summed E-state index contributed by atoms with van der Waals surface area (Å²) in [6.07, 6.45) is 5.35. The lowest BCUT2D eigenvalue weighted by atomic mass is 9.90. The molecule has 0 radical (unpaired) electrons. The number of rotatable bonds is 4. The molecule has 1 atom stereocenters. The molecule has 0 aliphatic carbocycles. The minimum Gasteiger partial charge on any atom is -0.303 e. The maximum Gasteiger partial charge on any atom is 0.0175 e. The second-order valence-electron chi connectivity index (χ2n) is 5.04. The van der Waals surface area contributed by atoms with E-state index in [2.05, 4.69) is 52.0 Å². The minimum atomic E-state index is 0.744. The van der Waals surface area contributed by atoms with Gasteiger partial charge in [0.2, 0.25) is 0 Å². The van der Waals surface area contributed by atoms with Crippen molar-refractivity contribution in [3.63, 3.8) is 0 Å². The molecular formula is C15H22BrN. The van der Waals surface area contributed by atoms with E-state index in [9.17, 15) is 0 Å². The van der Waals surface area contributed by atoms with Crippen molar-refractivity contribution in [2.45, 2.75) is 38.5 Å². The van der Waals surface area contributed by atoms with E-state index in [1.54, 1.807) is 0 Å². The van der Waals surface area contributed by atoms with E-state index < -0.39 is 0 Å². The fourth-order valence-electron chi connectivity index (χ4n) is 2.65. The Morgan fingerprint density at radius 3 is 2.76 bits per heavy atom. The van der Waals surface area contributed by atoms with Gasteiger partial charge < -0.3 is 4.90 Å². The summed E-state index contributed by atoms with van der Waals surface area (Å²) in [5.41, 5.74) is 1.51. The molecule has 1 aliphatic heterocycles. The standard InChI is InChI=1S/C15H22BrN/c1-2-3-10-17-11-4-5-14(12-17)13-6-8-15(16)9-7-13/h6-9,14H,2-5,10-12H2,1H3. The van der Waals surface area contributed by atoms with Gasteiger partial charge in [0.05, 0.1) is 0 Å². The van der Waals surface area contributed by atoms with Crippen molar-refractivity contribution >= 4 is 15.9 Å². The highest BCUT2D eigenvalue weighted by Crippen LogP contribution is 2.27. The van der Waals surface area contributed by atoms with Gasteiger partial charge in [-0.15, -0.1) is 0 Å². The van der Waals surface area contributed by atoms with Crippen LogP contribution < -0.4 is 0 Å². The Labute approximate surface area is 113 Å². The molecule has 0 bridgehead atoms. The molecule has 2 heteroatoms. The molecule has 1 unspecified atom stereocenters. The number of unbranched alkanes of at least 4 members (excludes halogenated alkanes) is 1. The molecule has 1 saturated heterocycles. The third-order valence-corrected chi connectivity index (χ3v) is 4.20. The molecule has 1 nitrogen and oxygen atoms in total. The summed E-state index contributed by atoms with van der Waals surface area (Å²) in [5.74, 6) is 0.744. The van der Waals surface area contributed by atoms with Crippen molar-refractivity contribution in [1.29, 1.82) is 0 Å². The first-order valence-electron chi connectivity index (χ1n) is 6.77. The number of piperidine rings is 1. The van der Waals surface area contributed by atoms with Crippen LogP contribution in [-0.2, 0) is 0 Å². The number of benzene rings is 1. The second-order valence-corrected chi connectivity index (χ2v) is 5.96. The first-order valence-corrected chi connectivity index (χ1v) is 7.56. The zero-order chi connectivity index (χ0) is 12.1. The highest BCUT2D eigenvalue weighted by molar-refractivity contribution is 9.10. The van der Waals surface area contributed by atoms with Gasteiger partial charge in [-0.3, -0.25) is 0 Å². The summed E-state index contributed by atoms with van der Waals surface area (Å²) in [6, 6.07) is 8.89. The van der Waals surface area contributed by atoms with Gasteiger partial charge in [0, 0.05) is 11.0 Å². The molecular weight excluding hydrogens is 274 g/mol. The molecule has 0 amide bonds. The lowest BCUT2D eigenvalue weighted by Gasteiger charge is -2.33. The van der Waals surface area contributed by atoms with Crippen molar-refractivity contribution in [3.8, 4) is 0 Å². The average Bonchev–Trinajstić information content (AvgIpc) is 2.37. The van der Waals surface area contributed by atoms with Crippen LogP contribution in [0.1, 0.15) is 44.1 Å². The summed E-state index contributed by atoms with van der Waals surface area (Å²) in [5, 5.41) is 0. The Bertz CT molecular complexity index is 333. The van der Waals surface area contributed by atoms with E-state index in [0.29, 0.717) is 0 Å². The molecule has 1 aromatic carbocycles. The molecule has 1 aromatic rings. The summed E-state index contributed by atoms with van der Waals surface area (Å²) >= 11 is 3.51. The molecule has 1 heterocycles. The Kier molecular flexibility index (Phi) is 5.05. The highest BCUT2D eigenvalue weighted by atomic mass is 79.9. The van der Waals surface area contributed by atoms with Gasteiger partial charge in [0.25, 0.3) is 0 Å². The fourth-order valence-corrected chi connectivity index (χ4v) is 2.91. The van der Waals surface area contributed by atoms with E-state index >= 15 is 0 Å². The van der Waals surface area contributed by atoms with Crippen LogP contribution in [0.4, 0.5) is 0 Å². The molecule has 0 spiro atoms. The topological polar surface area (TPSA) is 3.24 Å². The van der Waals surface area contributed by atoms with Crippen LogP contribution in [0.2, 0.25) is 0 Å². The number of likely N-dealkylation sites (tertiary alicyclic amines) is 1. The molecule has 0 saturated carbocycles. The largest absolute Gasteiger partial charge is 0.303 e. The minimum absolute atomic E-state index is 0.744. The molecule has 94 valence electrons. The van der Waals surface area contributed by atoms with Crippen LogP contribution in [0.3, 0.4) is 0 Å². The van der Waals surface area contributed by atoms with Gasteiger partial charge >= 0.3 is 0 Å². The van der Waals surface area contributed by atoms with Gasteiger partial charge in [-0.25, -0.2) is 0 Å². The van der Waals surface area contributed by atoms with E-state index in [1.165, 1.54) is 55.4 Å². The monoisotopic (exact) mass is 295 g/mol. The highest BCUT2D eigenvalue weighted by Gasteiger charge is 2.20. The summed E-state index contributed by atoms with van der Waals surface area (Å²) < 4.78 is 1.18. The first-order chi connectivity index (χ1) is 8.29. The third kappa shape index (κ3) is 3.82. The zero-order valence-corrected chi connectivity index (χ0v) is 12.2. The molecule has 2 rings (SSSR count). The van der Waals surface area contributed by atoms with Crippen molar-refractivity contribution in [2.75, 3.05) is 19.6 Å². The first kappa shape index (κ1) is 13.1. The lowest BCUT2D eigenvalue weighted by Crippen LogP contribution is -2.35. The summed E-state index contributed by atoms with van der Waals surface area (Å²) in [7, 11) is 0. The maximum atomic E-state index is 3.51. The van der Waals surface area contributed by atoms with E-state index in [-0.39, 0.29) is 0 Å². The van der Waals surface area contributed by atoms with Gasteiger partial charge in [0.15, 0.2) is 0 Å². The van der Waals surface area contributed by atoms with Crippen LogP contribution in [0, 0.1) is 0 Å². The summed E-state index contributed by atoms with van der Waals surface area (Å²) in [6.45, 7) is 6.11. The number of nitrogens with zero attached hydrogens (tertiary/aromatic N) is 1. The molecule has 1 fully saturated rings. The Balaban J connectivity index is 1.94. The van der Waals surface area contributed by atoms with E-state index in [1.807, 2.05) is 0 Å².